The minimum atomic E-state index is 0.398. The van der Waals surface area contributed by atoms with Gasteiger partial charge < -0.3 is 15.2 Å². The Balaban J connectivity index is 1.64. The van der Waals surface area contributed by atoms with Crippen molar-refractivity contribution in [1.29, 1.82) is 0 Å². The highest BCUT2D eigenvalue weighted by molar-refractivity contribution is 7.80. The van der Waals surface area contributed by atoms with Crippen LogP contribution in [0.3, 0.4) is 0 Å². The average Bonchev–Trinajstić information content (AvgIpc) is 2.92. The van der Waals surface area contributed by atoms with Gasteiger partial charge in [-0.05, 0) is 25.0 Å². The largest absolute Gasteiger partial charge is 0.493 e. The summed E-state index contributed by atoms with van der Waals surface area (Å²) >= 11 is 4.94. The van der Waals surface area contributed by atoms with Crippen LogP contribution in [-0.4, -0.2) is 24.3 Å². The molecule has 0 aromatic heterocycles. The minimum Gasteiger partial charge on any atom is -0.493 e. The van der Waals surface area contributed by atoms with E-state index in [1.165, 1.54) is 25.7 Å². The summed E-state index contributed by atoms with van der Waals surface area (Å²) in [6.07, 6.45) is 6.46. The summed E-state index contributed by atoms with van der Waals surface area (Å²) in [5, 5.41) is 0. The topological polar surface area (TPSA) is 44.5 Å². The van der Waals surface area contributed by atoms with Crippen LogP contribution in [-0.2, 0) is 4.74 Å². The van der Waals surface area contributed by atoms with E-state index >= 15 is 0 Å². The van der Waals surface area contributed by atoms with Gasteiger partial charge in [-0.3, -0.25) is 0 Å². The number of hydrogen-bond acceptors (Lipinski definition) is 3. The Morgan fingerprint density at radius 2 is 2.05 bits per heavy atom. The van der Waals surface area contributed by atoms with Crippen LogP contribution >= 0.6 is 12.2 Å². The van der Waals surface area contributed by atoms with Crippen molar-refractivity contribution in [3.63, 3.8) is 0 Å². The second kappa shape index (κ2) is 7.46. The molecule has 2 N–H and O–H groups in total. The monoisotopic (exact) mass is 279 g/mol. The first kappa shape index (κ1) is 14.3. The van der Waals surface area contributed by atoms with Crippen molar-refractivity contribution in [2.24, 2.45) is 5.73 Å². The maximum atomic E-state index is 5.78. The third-order valence-electron chi connectivity index (χ3n) is 3.33. The Morgan fingerprint density at radius 1 is 1.26 bits per heavy atom. The second-order valence-corrected chi connectivity index (χ2v) is 5.31. The molecule has 1 saturated carbocycles. The van der Waals surface area contributed by atoms with E-state index in [1.807, 2.05) is 24.3 Å². The molecule has 1 aliphatic rings. The molecule has 4 heteroatoms. The smallest absolute Gasteiger partial charge is 0.119 e. The summed E-state index contributed by atoms with van der Waals surface area (Å²) in [4.78, 5) is 0.398. The minimum absolute atomic E-state index is 0.398. The fourth-order valence-corrected chi connectivity index (χ4v) is 2.42. The quantitative estimate of drug-likeness (QED) is 0.615. The lowest BCUT2D eigenvalue weighted by Crippen LogP contribution is -2.11. The van der Waals surface area contributed by atoms with Gasteiger partial charge in [-0.15, -0.1) is 0 Å². The summed E-state index contributed by atoms with van der Waals surface area (Å²) < 4.78 is 11.4. The van der Waals surface area contributed by atoms with Gasteiger partial charge >= 0.3 is 0 Å². The molecule has 0 bridgehead atoms. The molecule has 0 spiro atoms. The first-order valence-electron chi connectivity index (χ1n) is 6.90. The van der Waals surface area contributed by atoms with Crippen LogP contribution in [0.2, 0.25) is 0 Å². The summed E-state index contributed by atoms with van der Waals surface area (Å²) in [5.41, 5.74) is 6.43. The Kier molecular flexibility index (Phi) is 5.61. The van der Waals surface area contributed by atoms with E-state index in [-0.39, 0.29) is 0 Å². The highest BCUT2D eigenvalue weighted by Crippen LogP contribution is 2.21. The molecule has 3 nitrogen and oxygen atoms in total. The number of rotatable bonds is 7. The van der Waals surface area contributed by atoms with Crippen molar-refractivity contribution >= 4 is 17.2 Å². The van der Waals surface area contributed by atoms with E-state index in [0.717, 1.165) is 24.3 Å². The zero-order valence-electron chi connectivity index (χ0n) is 11.1. The van der Waals surface area contributed by atoms with Crippen molar-refractivity contribution in [2.45, 2.75) is 38.2 Å². The lowest BCUT2D eigenvalue weighted by atomic mass is 10.2. The molecule has 1 fully saturated rings. The number of benzene rings is 1. The molecular weight excluding hydrogens is 258 g/mol. The molecule has 0 unspecified atom stereocenters. The van der Waals surface area contributed by atoms with Gasteiger partial charge in [-0.25, -0.2) is 0 Å². The van der Waals surface area contributed by atoms with E-state index in [4.69, 9.17) is 27.4 Å². The average molecular weight is 279 g/mol. The van der Waals surface area contributed by atoms with Gasteiger partial charge in [-0.1, -0.05) is 37.2 Å². The van der Waals surface area contributed by atoms with Crippen molar-refractivity contribution in [3.05, 3.63) is 29.8 Å². The lowest BCUT2D eigenvalue weighted by molar-refractivity contribution is 0.0505. The highest BCUT2D eigenvalue weighted by Gasteiger charge is 2.14. The third-order valence-corrected chi connectivity index (χ3v) is 3.57. The Morgan fingerprint density at radius 3 is 2.79 bits per heavy atom. The van der Waals surface area contributed by atoms with Crippen LogP contribution in [0, 0.1) is 0 Å². The maximum absolute atomic E-state index is 5.78. The van der Waals surface area contributed by atoms with Crippen LogP contribution in [0.5, 0.6) is 5.75 Å². The van der Waals surface area contributed by atoms with Gasteiger partial charge in [0.15, 0.2) is 0 Å². The van der Waals surface area contributed by atoms with Gasteiger partial charge in [0.05, 0.1) is 19.3 Å². The van der Waals surface area contributed by atoms with Crippen LogP contribution < -0.4 is 10.5 Å². The fourth-order valence-electron chi connectivity index (χ4n) is 2.29. The van der Waals surface area contributed by atoms with Crippen molar-refractivity contribution in [2.75, 3.05) is 13.2 Å². The molecule has 1 aromatic rings. The van der Waals surface area contributed by atoms with E-state index < -0.39 is 0 Å². The van der Waals surface area contributed by atoms with Gasteiger partial charge in [0.1, 0.15) is 10.7 Å². The van der Waals surface area contributed by atoms with E-state index in [9.17, 15) is 0 Å². The Hall–Kier alpha value is -1.13. The second-order valence-electron chi connectivity index (χ2n) is 4.87. The first-order valence-corrected chi connectivity index (χ1v) is 7.31. The van der Waals surface area contributed by atoms with E-state index in [0.29, 0.717) is 17.7 Å². The third kappa shape index (κ3) is 4.80. The van der Waals surface area contributed by atoms with Crippen LogP contribution in [0.4, 0.5) is 0 Å². The molecule has 0 aliphatic heterocycles. The zero-order valence-corrected chi connectivity index (χ0v) is 12.0. The maximum Gasteiger partial charge on any atom is 0.119 e. The predicted molar refractivity (Wildman–Crippen MR) is 80.6 cm³/mol. The lowest BCUT2D eigenvalue weighted by Gasteiger charge is -2.11. The Labute approximate surface area is 120 Å². The van der Waals surface area contributed by atoms with E-state index in [2.05, 4.69) is 0 Å². The van der Waals surface area contributed by atoms with Gasteiger partial charge in [0.2, 0.25) is 0 Å². The van der Waals surface area contributed by atoms with Crippen molar-refractivity contribution in [1.82, 2.24) is 0 Å². The molecule has 0 amide bonds. The predicted octanol–water partition coefficient (Wildman–Crippen LogP) is 3.05. The number of ether oxygens (including phenoxy) is 2. The molecule has 104 valence electrons. The van der Waals surface area contributed by atoms with Crippen LogP contribution in [0.1, 0.15) is 37.7 Å². The number of thiocarbonyl (C=S) groups is 1. The van der Waals surface area contributed by atoms with Gasteiger partial charge in [0.25, 0.3) is 0 Å². The van der Waals surface area contributed by atoms with Crippen molar-refractivity contribution in [3.8, 4) is 5.75 Å². The van der Waals surface area contributed by atoms with Gasteiger partial charge in [0, 0.05) is 12.0 Å². The fraction of sp³-hybridized carbons (Fsp3) is 0.533. The number of nitrogens with two attached hydrogens (primary N) is 1. The summed E-state index contributed by atoms with van der Waals surface area (Å²) in [7, 11) is 0. The molecule has 0 saturated heterocycles. The Bertz CT molecular complexity index is 416. The summed E-state index contributed by atoms with van der Waals surface area (Å²) in [5.74, 6) is 0.811. The standard InChI is InChI=1S/C15H21NO2S/c16-15(19)12-5-3-8-14(11-12)18-10-4-9-17-13-6-1-2-7-13/h3,5,8,11,13H,1-2,4,6-7,9-10H2,(H2,16,19). The SMILES string of the molecule is NC(=S)c1cccc(OCCCOC2CCCC2)c1. The number of hydrogen-bond donors (Lipinski definition) is 1. The van der Waals surface area contributed by atoms with Crippen LogP contribution in [0.15, 0.2) is 24.3 Å². The summed E-state index contributed by atoms with van der Waals surface area (Å²) in [6, 6.07) is 7.58. The normalized spacial score (nSPS) is 15.6. The van der Waals surface area contributed by atoms with E-state index in [1.54, 1.807) is 0 Å². The van der Waals surface area contributed by atoms with Crippen LogP contribution in [0.25, 0.3) is 0 Å². The van der Waals surface area contributed by atoms with Crippen molar-refractivity contribution < 1.29 is 9.47 Å². The molecule has 2 rings (SSSR count). The molecule has 0 radical (unpaired) electrons. The molecular formula is C15H21NO2S. The first-order chi connectivity index (χ1) is 9.25. The molecule has 0 heterocycles. The van der Waals surface area contributed by atoms with Gasteiger partial charge in [-0.2, -0.15) is 0 Å². The highest BCUT2D eigenvalue weighted by atomic mass is 32.1. The molecule has 1 aliphatic carbocycles. The zero-order chi connectivity index (χ0) is 13.5. The molecule has 1 aromatic carbocycles. The molecule has 19 heavy (non-hydrogen) atoms. The summed E-state index contributed by atoms with van der Waals surface area (Å²) in [6.45, 7) is 1.44. The molecule has 0 atom stereocenters.